The fourth-order valence-electron chi connectivity index (χ4n) is 2.08. The Bertz CT molecular complexity index is 723. The smallest absolute Gasteiger partial charge is 0.252 e. The fourth-order valence-corrected chi connectivity index (χ4v) is 6.34. The van der Waals surface area contributed by atoms with Crippen LogP contribution in [-0.2, 0) is 31.2 Å². The van der Waals surface area contributed by atoms with Gasteiger partial charge in [0.25, 0.3) is 10.0 Å². The lowest BCUT2D eigenvalue weighted by atomic mass is 10.2. The van der Waals surface area contributed by atoms with Crippen molar-refractivity contribution >= 4 is 31.4 Å². The van der Waals surface area contributed by atoms with Crippen LogP contribution in [0.5, 0.6) is 0 Å². The molecule has 0 saturated heterocycles. The highest BCUT2D eigenvalue weighted by Crippen LogP contribution is 2.35. The predicted molar refractivity (Wildman–Crippen MR) is 79.2 cm³/mol. The summed E-state index contributed by atoms with van der Waals surface area (Å²) in [6.45, 7) is 2.55. The van der Waals surface area contributed by atoms with Gasteiger partial charge in [0, 0.05) is 20.2 Å². The molecule has 2 N–H and O–H groups in total. The normalized spacial score (nSPS) is 20.1. The van der Waals surface area contributed by atoms with E-state index in [9.17, 15) is 16.8 Å². The number of ether oxygens (including phenoxy) is 1. The lowest BCUT2D eigenvalue weighted by molar-refractivity contribution is 0.105. The molecule has 1 aliphatic rings. The predicted octanol–water partition coefficient (Wildman–Crippen LogP) is 0.367. The van der Waals surface area contributed by atoms with Crippen LogP contribution in [-0.4, -0.2) is 47.4 Å². The van der Waals surface area contributed by atoms with Crippen molar-refractivity contribution in [1.82, 2.24) is 4.31 Å². The van der Waals surface area contributed by atoms with Crippen molar-refractivity contribution < 1.29 is 21.6 Å². The minimum Gasteiger partial charge on any atom is -0.382 e. The first-order valence-electron chi connectivity index (χ1n) is 6.34. The second kappa shape index (κ2) is 5.94. The molecule has 0 saturated carbocycles. The van der Waals surface area contributed by atoms with Crippen LogP contribution in [0.15, 0.2) is 14.5 Å². The fraction of sp³-hybridized carbons (Fsp3) is 0.636. The minimum absolute atomic E-state index is 0.0371. The maximum atomic E-state index is 12.5. The molecule has 120 valence electrons. The summed E-state index contributed by atoms with van der Waals surface area (Å²) in [7, 11) is -5.95. The number of hydrogen-bond donors (Lipinski definition) is 1. The van der Waals surface area contributed by atoms with Gasteiger partial charge in [0.2, 0.25) is 10.0 Å². The molecule has 1 atom stereocenters. The maximum absolute atomic E-state index is 12.5. The number of nitrogens with two attached hydrogens (primary N) is 1. The summed E-state index contributed by atoms with van der Waals surface area (Å²) in [4.78, 5) is 0. The van der Waals surface area contributed by atoms with Gasteiger partial charge in [0.1, 0.15) is 8.42 Å². The number of methoxy groups -OCH3 is 1. The van der Waals surface area contributed by atoms with Crippen LogP contribution in [0.4, 0.5) is 0 Å². The molecule has 0 amide bonds. The largest absolute Gasteiger partial charge is 0.382 e. The van der Waals surface area contributed by atoms with Gasteiger partial charge >= 0.3 is 0 Å². The van der Waals surface area contributed by atoms with E-state index in [1.807, 2.05) is 6.92 Å². The monoisotopic (exact) mass is 354 g/mol. The van der Waals surface area contributed by atoms with Gasteiger partial charge in [0.05, 0.1) is 6.10 Å². The van der Waals surface area contributed by atoms with Crippen molar-refractivity contribution in [3.63, 3.8) is 0 Å². The van der Waals surface area contributed by atoms with Crippen LogP contribution in [0.3, 0.4) is 0 Å². The van der Waals surface area contributed by atoms with E-state index in [0.717, 1.165) is 11.3 Å². The van der Waals surface area contributed by atoms with Crippen LogP contribution in [0.1, 0.15) is 18.9 Å². The Kier molecular flexibility index (Phi) is 4.76. The Morgan fingerprint density at radius 2 is 2.19 bits per heavy atom. The zero-order chi connectivity index (χ0) is 15.8. The van der Waals surface area contributed by atoms with Crippen LogP contribution in [0.2, 0.25) is 0 Å². The van der Waals surface area contributed by atoms with E-state index in [2.05, 4.69) is 0 Å². The molecular formula is C11H18N2O5S3. The highest BCUT2D eigenvalue weighted by atomic mass is 32.3. The lowest BCUT2D eigenvalue weighted by Crippen LogP contribution is -2.38. The summed E-state index contributed by atoms with van der Waals surface area (Å²) in [5.74, 6) is 0. The highest BCUT2D eigenvalue weighted by molar-refractivity contribution is 7.94. The van der Waals surface area contributed by atoms with E-state index in [1.165, 1.54) is 10.4 Å². The van der Waals surface area contributed by atoms with Crippen LogP contribution >= 0.6 is 11.3 Å². The van der Waals surface area contributed by atoms with Gasteiger partial charge in [0.15, 0.2) is 0 Å². The number of rotatable bonds is 5. The molecule has 2 rings (SSSR count). The average Bonchev–Trinajstić information content (AvgIpc) is 2.82. The number of nitrogens with zero attached hydrogens (tertiary/aromatic N) is 1. The lowest BCUT2D eigenvalue weighted by Gasteiger charge is -2.26. The molecule has 0 aromatic carbocycles. The van der Waals surface area contributed by atoms with Crippen LogP contribution in [0.25, 0.3) is 0 Å². The number of sulfonamides is 2. The Morgan fingerprint density at radius 3 is 2.76 bits per heavy atom. The minimum atomic E-state index is -3.88. The number of hydrogen-bond acceptors (Lipinski definition) is 6. The molecule has 21 heavy (non-hydrogen) atoms. The van der Waals surface area contributed by atoms with E-state index in [0.29, 0.717) is 31.5 Å². The Balaban J connectivity index is 2.29. The molecule has 0 spiro atoms. The molecule has 10 heteroatoms. The summed E-state index contributed by atoms with van der Waals surface area (Å²) in [6, 6.07) is 1.36. The summed E-state index contributed by atoms with van der Waals surface area (Å²) in [6.07, 6.45) is 1.03. The van der Waals surface area contributed by atoms with Crippen molar-refractivity contribution in [2.45, 2.75) is 34.3 Å². The Hall–Kier alpha value is -0.520. The van der Waals surface area contributed by atoms with E-state index in [1.54, 1.807) is 7.11 Å². The van der Waals surface area contributed by atoms with Crippen molar-refractivity contribution in [3.05, 3.63) is 11.6 Å². The highest BCUT2D eigenvalue weighted by Gasteiger charge is 2.34. The SMILES string of the molecule is COC(C)CCN1CCc2cc(S(N)(=O)=O)sc2S1(=O)=O. The molecule has 7 nitrogen and oxygen atoms in total. The van der Waals surface area contributed by atoms with Crippen molar-refractivity contribution in [2.75, 3.05) is 20.2 Å². The molecule has 0 radical (unpaired) electrons. The Labute approximate surface area is 128 Å². The third kappa shape index (κ3) is 3.46. The average molecular weight is 354 g/mol. The van der Waals surface area contributed by atoms with E-state index < -0.39 is 20.0 Å². The number of fused-ring (bicyclic) bond motifs is 1. The van der Waals surface area contributed by atoms with E-state index in [-0.39, 0.29) is 14.5 Å². The number of thiophene rings is 1. The van der Waals surface area contributed by atoms with Crippen molar-refractivity contribution in [1.29, 1.82) is 0 Å². The second-order valence-electron chi connectivity index (χ2n) is 4.91. The third-order valence-electron chi connectivity index (χ3n) is 3.42. The molecule has 2 heterocycles. The van der Waals surface area contributed by atoms with Gasteiger partial charge in [-0.05, 0) is 31.4 Å². The van der Waals surface area contributed by atoms with Gasteiger partial charge in [-0.2, -0.15) is 4.31 Å². The zero-order valence-corrected chi connectivity index (χ0v) is 14.2. The topological polar surface area (TPSA) is 107 Å². The summed E-state index contributed by atoms with van der Waals surface area (Å²) >= 11 is 0.719. The maximum Gasteiger partial charge on any atom is 0.252 e. The van der Waals surface area contributed by atoms with Gasteiger partial charge in [-0.15, -0.1) is 11.3 Å². The standard InChI is InChI=1S/C11H18N2O5S3/c1-8(18-2)3-5-13-6-4-9-7-10(20(12,14)15)19-11(9)21(13,16)17/h7-8H,3-6H2,1-2H3,(H2,12,14,15). The summed E-state index contributed by atoms with van der Waals surface area (Å²) in [5.41, 5.74) is 0.528. The second-order valence-corrected chi connectivity index (χ2v) is 9.89. The van der Waals surface area contributed by atoms with Crippen LogP contribution in [0, 0.1) is 0 Å². The molecule has 0 fully saturated rings. The third-order valence-corrected chi connectivity index (χ3v) is 8.47. The first kappa shape index (κ1) is 16.8. The quantitative estimate of drug-likeness (QED) is 0.822. The van der Waals surface area contributed by atoms with E-state index in [4.69, 9.17) is 9.88 Å². The van der Waals surface area contributed by atoms with Gasteiger partial charge in [-0.3, -0.25) is 0 Å². The molecule has 0 bridgehead atoms. The zero-order valence-electron chi connectivity index (χ0n) is 11.8. The van der Waals surface area contributed by atoms with Crippen molar-refractivity contribution in [3.8, 4) is 0 Å². The molecule has 1 aromatic heterocycles. The first-order chi connectivity index (χ1) is 9.66. The van der Waals surface area contributed by atoms with Crippen LogP contribution < -0.4 is 5.14 Å². The molecule has 1 aliphatic heterocycles. The van der Waals surface area contributed by atoms with Gasteiger partial charge in [-0.1, -0.05) is 0 Å². The first-order valence-corrected chi connectivity index (χ1v) is 10.1. The molecule has 0 aliphatic carbocycles. The molecule has 1 unspecified atom stereocenters. The summed E-state index contributed by atoms with van der Waals surface area (Å²) < 4.78 is 54.2. The summed E-state index contributed by atoms with van der Waals surface area (Å²) in [5, 5.41) is 5.07. The molecule has 1 aromatic rings. The van der Waals surface area contributed by atoms with Gasteiger partial charge < -0.3 is 4.74 Å². The van der Waals surface area contributed by atoms with Crippen molar-refractivity contribution in [2.24, 2.45) is 5.14 Å². The molecular weight excluding hydrogens is 336 g/mol. The van der Waals surface area contributed by atoms with Gasteiger partial charge in [-0.25, -0.2) is 22.0 Å². The Morgan fingerprint density at radius 1 is 1.52 bits per heavy atom. The number of primary sulfonamides is 1. The van der Waals surface area contributed by atoms with E-state index >= 15 is 0 Å².